The molecule has 2 fully saturated rings. The van der Waals surface area contributed by atoms with E-state index in [1.807, 2.05) is 16.3 Å². The van der Waals surface area contributed by atoms with Crippen LogP contribution in [0.25, 0.3) is 10.2 Å². The van der Waals surface area contributed by atoms with Crippen LogP contribution in [-0.2, 0) is 17.7 Å². The van der Waals surface area contributed by atoms with Crippen molar-refractivity contribution in [3.05, 3.63) is 78.6 Å². The minimum Gasteiger partial charge on any atom is -0.506 e. The molecule has 2 saturated heterocycles. The number of nitrogens with one attached hydrogen (secondary N) is 2. The van der Waals surface area contributed by atoms with Crippen molar-refractivity contribution in [1.29, 1.82) is 0 Å². The average Bonchev–Trinajstić information content (AvgIpc) is 3.68. The molecule has 1 amide bonds. The monoisotopic (exact) mass is 669 g/mol. The highest BCUT2D eigenvalue weighted by Crippen LogP contribution is 2.33. The van der Waals surface area contributed by atoms with Crippen LogP contribution < -0.4 is 10.2 Å². The highest BCUT2D eigenvalue weighted by molar-refractivity contribution is 7.16. The van der Waals surface area contributed by atoms with E-state index in [0.717, 1.165) is 54.1 Å². The van der Waals surface area contributed by atoms with E-state index in [4.69, 9.17) is 4.74 Å². The van der Waals surface area contributed by atoms with E-state index in [-0.39, 0.29) is 40.4 Å². The van der Waals surface area contributed by atoms with Crippen LogP contribution in [-0.4, -0.2) is 87.4 Å². The van der Waals surface area contributed by atoms with Crippen molar-refractivity contribution in [2.75, 3.05) is 45.9 Å². The Morgan fingerprint density at radius 3 is 2.74 bits per heavy atom. The number of piperidine rings is 1. The molecule has 4 N–H and O–H groups in total. The number of H-pyrrole nitrogens is 1. The number of halogens is 1. The maximum absolute atomic E-state index is 14.6. The molecule has 2 aliphatic rings. The van der Waals surface area contributed by atoms with E-state index in [0.29, 0.717) is 60.0 Å². The Labute approximate surface area is 274 Å². The van der Waals surface area contributed by atoms with Crippen LogP contribution in [0.2, 0.25) is 0 Å². The van der Waals surface area contributed by atoms with Crippen molar-refractivity contribution in [3.8, 4) is 5.75 Å². The Bertz CT molecular complexity index is 1750. The second-order valence-corrected chi connectivity index (χ2v) is 14.4. The van der Waals surface area contributed by atoms with Gasteiger partial charge in [0.05, 0.1) is 35.3 Å². The van der Waals surface area contributed by atoms with Gasteiger partial charge < -0.3 is 30.2 Å². The van der Waals surface area contributed by atoms with Crippen molar-refractivity contribution < 1.29 is 24.1 Å². The summed E-state index contributed by atoms with van der Waals surface area (Å²) in [7, 11) is 0. The van der Waals surface area contributed by atoms with Crippen molar-refractivity contribution in [3.63, 3.8) is 0 Å². The maximum atomic E-state index is 14.6. The first-order valence-electron chi connectivity index (χ1n) is 15.7. The predicted octanol–water partition coefficient (Wildman–Crippen LogP) is 4.39. The molecule has 2 aliphatic heterocycles. The van der Waals surface area contributed by atoms with Crippen LogP contribution >= 0.6 is 22.7 Å². The number of aromatic amines is 1. The number of fused-ring (bicyclic) bond motifs is 1. The summed E-state index contributed by atoms with van der Waals surface area (Å²) < 4.78 is 21.4. The molecule has 246 valence electrons. The van der Waals surface area contributed by atoms with Gasteiger partial charge in [0.15, 0.2) is 5.01 Å². The van der Waals surface area contributed by atoms with Crippen molar-refractivity contribution >= 4 is 38.8 Å². The number of phenols is 1. The number of aromatic nitrogens is 2. The lowest BCUT2D eigenvalue weighted by atomic mass is 9.89. The van der Waals surface area contributed by atoms with Gasteiger partial charge >= 0.3 is 4.87 Å². The highest BCUT2D eigenvalue weighted by atomic mass is 32.1. The number of carbonyl (C=O) groups excluding carboxylic acids is 1. The normalized spacial score (nSPS) is 17.7. The van der Waals surface area contributed by atoms with Crippen LogP contribution in [0.3, 0.4) is 0 Å². The number of likely N-dealkylation sites (tertiary alicyclic amines) is 1. The van der Waals surface area contributed by atoms with E-state index in [1.165, 1.54) is 17.4 Å². The SMILES string of the molecule is CC(C)c1csc(C(=O)N2CCOC3(CCN(Cc4cc(F)cc(CCNC[C@H](O)c5ccc(O)c6[nH]c(=O)sc56)c4)CC3)C2)n1. The van der Waals surface area contributed by atoms with E-state index in [1.54, 1.807) is 18.2 Å². The molecule has 4 heterocycles. The summed E-state index contributed by atoms with van der Waals surface area (Å²) in [4.78, 5) is 36.1. The number of carbonyl (C=O) groups is 1. The molecule has 1 atom stereocenters. The summed E-state index contributed by atoms with van der Waals surface area (Å²) in [6.07, 6.45) is 1.31. The third-order valence-corrected chi connectivity index (χ3v) is 10.7. The molecule has 0 radical (unpaired) electrons. The lowest BCUT2D eigenvalue weighted by molar-refractivity contribution is -0.127. The summed E-state index contributed by atoms with van der Waals surface area (Å²) in [6.45, 7) is 8.78. The fraction of sp³-hybridized carbons (Fsp3) is 0.485. The Balaban J connectivity index is 0.989. The average molecular weight is 670 g/mol. The van der Waals surface area contributed by atoms with Gasteiger partial charge in [0.2, 0.25) is 0 Å². The molecule has 10 nitrogen and oxygen atoms in total. The highest BCUT2D eigenvalue weighted by Gasteiger charge is 2.41. The van der Waals surface area contributed by atoms with E-state index in [2.05, 4.69) is 34.0 Å². The first-order valence-corrected chi connectivity index (χ1v) is 17.4. The molecule has 2 aromatic carbocycles. The fourth-order valence-corrected chi connectivity index (χ4v) is 8.18. The number of aliphatic hydroxyl groups excluding tert-OH is 1. The Morgan fingerprint density at radius 2 is 1.98 bits per heavy atom. The van der Waals surface area contributed by atoms with Gasteiger partial charge in [-0.1, -0.05) is 37.3 Å². The quantitative estimate of drug-likeness (QED) is 0.183. The number of morpholine rings is 1. The van der Waals surface area contributed by atoms with E-state index in [9.17, 15) is 24.2 Å². The number of phenolic OH excluding ortho intramolecular Hbond substituents is 1. The predicted molar refractivity (Wildman–Crippen MR) is 177 cm³/mol. The third-order valence-electron chi connectivity index (χ3n) is 8.90. The molecule has 13 heteroatoms. The van der Waals surface area contributed by atoms with Crippen LogP contribution in [0.15, 0.2) is 40.5 Å². The minimum atomic E-state index is -0.872. The van der Waals surface area contributed by atoms with Crippen LogP contribution in [0.4, 0.5) is 4.39 Å². The number of nitrogens with zero attached hydrogens (tertiary/aromatic N) is 3. The molecule has 0 aliphatic carbocycles. The zero-order chi connectivity index (χ0) is 32.4. The number of aliphatic hydroxyl groups is 1. The molecule has 4 aromatic rings. The second kappa shape index (κ2) is 13.9. The summed E-state index contributed by atoms with van der Waals surface area (Å²) in [6, 6.07) is 8.24. The lowest BCUT2D eigenvalue weighted by Crippen LogP contribution is -2.57. The number of benzene rings is 2. The Morgan fingerprint density at radius 1 is 1.20 bits per heavy atom. The molecule has 0 unspecified atom stereocenters. The van der Waals surface area contributed by atoms with Crippen molar-refractivity contribution in [2.24, 2.45) is 0 Å². The lowest BCUT2D eigenvalue weighted by Gasteiger charge is -2.47. The second-order valence-electron chi connectivity index (χ2n) is 12.6. The third kappa shape index (κ3) is 7.35. The van der Waals surface area contributed by atoms with Crippen LogP contribution in [0, 0.1) is 5.82 Å². The largest absolute Gasteiger partial charge is 0.506 e. The molecule has 1 spiro atoms. The number of aromatic hydroxyl groups is 1. The molecular formula is C33H40FN5O5S2. The minimum absolute atomic E-state index is 0.0186. The number of hydrogen-bond acceptors (Lipinski definition) is 10. The molecule has 6 rings (SSSR count). The first-order chi connectivity index (χ1) is 22.1. The smallest absolute Gasteiger partial charge is 0.305 e. The number of hydrogen-bond donors (Lipinski definition) is 4. The van der Waals surface area contributed by atoms with Gasteiger partial charge in [0, 0.05) is 43.7 Å². The van der Waals surface area contributed by atoms with Crippen LogP contribution in [0.5, 0.6) is 5.75 Å². The standard InChI is InChI=1S/C33H40FN5O5S2/c1-20(2)25-18-45-30(36-25)31(42)39-11-12-44-33(19-39)6-9-38(10-7-33)17-22-13-21(14-23(34)15-22)5-8-35-16-27(41)24-3-4-26(40)28-29(24)46-32(43)37-28/h3-4,13-15,18,20,27,35,40-41H,5-12,16-17,19H2,1-2H3,(H,37,43)/t27-/m0/s1. The van der Waals surface area contributed by atoms with E-state index >= 15 is 0 Å². The summed E-state index contributed by atoms with van der Waals surface area (Å²) in [5, 5.41) is 26.5. The number of amides is 1. The van der Waals surface area contributed by atoms with Gasteiger partial charge in [-0.15, -0.1) is 11.3 Å². The molecule has 0 saturated carbocycles. The van der Waals surface area contributed by atoms with Gasteiger partial charge in [-0.05, 0) is 61.1 Å². The topological polar surface area (TPSA) is 131 Å². The summed E-state index contributed by atoms with van der Waals surface area (Å²) >= 11 is 2.36. The summed E-state index contributed by atoms with van der Waals surface area (Å²) in [5.41, 5.74) is 3.26. The van der Waals surface area contributed by atoms with Gasteiger partial charge in [-0.25, -0.2) is 9.37 Å². The summed E-state index contributed by atoms with van der Waals surface area (Å²) in [5.74, 6) is -0.0397. The van der Waals surface area contributed by atoms with Gasteiger partial charge in [-0.3, -0.25) is 14.5 Å². The van der Waals surface area contributed by atoms with E-state index < -0.39 is 6.10 Å². The van der Waals surface area contributed by atoms with Gasteiger partial charge in [0.25, 0.3) is 5.91 Å². The molecular weight excluding hydrogens is 630 g/mol. The number of thiazole rings is 2. The van der Waals surface area contributed by atoms with Gasteiger partial charge in [-0.2, -0.15) is 0 Å². The Hall–Kier alpha value is -3.20. The first kappa shape index (κ1) is 32.7. The number of rotatable bonds is 10. The van der Waals surface area contributed by atoms with Crippen molar-refractivity contribution in [2.45, 2.75) is 57.3 Å². The fourth-order valence-electron chi connectivity index (χ4n) is 6.32. The Kier molecular flexibility index (Phi) is 9.88. The molecule has 2 aromatic heterocycles. The molecule has 0 bridgehead atoms. The zero-order valence-corrected chi connectivity index (χ0v) is 27.7. The zero-order valence-electron chi connectivity index (χ0n) is 26.1. The maximum Gasteiger partial charge on any atom is 0.305 e. The van der Waals surface area contributed by atoms with Crippen molar-refractivity contribution in [1.82, 2.24) is 25.1 Å². The van der Waals surface area contributed by atoms with Crippen LogP contribution in [0.1, 0.15) is 70.9 Å². The molecule has 46 heavy (non-hydrogen) atoms. The van der Waals surface area contributed by atoms with Gasteiger partial charge in [0.1, 0.15) is 17.1 Å². The number of ether oxygens (including phenoxy) is 1.